The fourth-order valence-corrected chi connectivity index (χ4v) is 7.80. The van der Waals surface area contributed by atoms with Crippen molar-refractivity contribution in [3.05, 3.63) is 46.6 Å². The van der Waals surface area contributed by atoms with Gasteiger partial charge in [0.1, 0.15) is 23.9 Å². The lowest BCUT2D eigenvalue weighted by molar-refractivity contribution is 0.106. The van der Waals surface area contributed by atoms with E-state index >= 15 is 0 Å². The van der Waals surface area contributed by atoms with Gasteiger partial charge in [-0.2, -0.15) is 9.97 Å². The van der Waals surface area contributed by atoms with Crippen LogP contribution in [0.1, 0.15) is 48.2 Å². The van der Waals surface area contributed by atoms with Gasteiger partial charge in [0, 0.05) is 61.5 Å². The van der Waals surface area contributed by atoms with Crippen LogP contribution in [0.15, 0.2) is 30.3 Å². The van der Waals surface area contributed by atoms with Crippen molar-refractivity contribution in [2.45, 2.75) is 56.1 Å². The highest BCUT2D eigenvalue weighted by molar-refractivity contribution is 6.36. The number of hydrogen-bond donors (Lipinski definition) is 2. The molecule has 9 nitrogen and oxygen atoms in total. The van der Waals surface area contributed by atoms with Crippen LogP contribution < -0.4 is 19.9 Å². The number of nitrogens with zero attached hydrogens (tertiary/aromatic N) is 5. The Morgan fingerprint density at radius 3 is 2.68 bits per heavy atom. The highest BCUT2D eigenvalue weighted by Gasteiger charge is 2.45. The maximum Gasteiger partial charge on any atom is 0.319 e. The first-order valence-corrected chi connectivity index (χ1v) is 15.2. The minimum Gasteiger partial charge on any atom is -0.508 e. The van der Waals surface area contributed by atoms with Crippen LogP contribution in [-0.4, -0.2) is 90.3 Å². The molecule has 3 aromatic rings. The van der Waals surface area contributed by atoms with Crippen molar-refractivity contribution in [2.24, 2.45) is 0 Å². The number of aromatic nitrogens is 2. The zero-order chi connectivity index (χ0) is 28.1. The molecular formula is C31H37ClN6O3. The Kier molecular flexibility index (Phi) is 6.92. The zero-order valence-electron chi connectivity index (χ0n) is 23.5. The second-order valence-corrected chi connectivity index (χ2v) is 12.6. The van der Waals surface area contributed by atoms with Crippen LogP contribution in [0.5, 0.6) is 11.8 Å². The highest BCUT2D eigenvalue weighted by Crippen LogP contribution is 2.40. The molecule has 0 saturated carbocycles. The summed E-state index contributed by atoms with van der Waals surface area (Å²) in [5.41, 5.74) is 2.13. The van der Waals surface area contributed by atoms with E-state index in [0.717, 1.165) is 73.1 Å². The van der Waals surface area contributed by atoms with Crippen molar-refractivity contribution >= 4 is 40.2 Å². The number of hydrogen-bond acceptors (Lipinski definition) is 9. The number of nitrogens with one attached hydrogen (secondary N) is 1. The zero-order valence-corrected chi connectivity index (χ0v) is 24.2. The molecule has 2 atom stereocenters. The maximum atomic E-state index is 12.5. The van der Waals surface area contributed by atoms with E-state index in [1.807, 2.05) is 25.2 Å². The number of piperidine rings is 1. The molecule has 0 radical (unpaired) electrons. The fraction of sp³-hybridized carbons (Fsp3) is 0.516. The van der Waals surface area contributed by atoms with Crippen molar-refractivity contribution in [2.75, 3.05) is 56.2 Å². The van der Waals surface area contributed by atoms with Crippen LogP contribution >= 0.6 is 11.6 Å². The van der Waals surface area contributed by atoms with Gasteiger partial charge < -0.3 is 25.0 Å². The second-order valence-electron chi connectivity index (χ2n) is 12.2. The van der Waals surface area contributed by atoms with E-state index in [1.165, 1.54) is 19.3 Å². The van der Waals surface area contributed by atoms with Gasteiger partial charge in [-0.15, -0.1) is 0 Å². The summed E-state index contributed by atoms with van der Waals surface area (Å²) in [5.74, 6) is 0.982. The SMILES string of the molecule is CN(CCc1c(C=O)nc(OCC23CCCN2CCC3)nc1N1CC2CC(C1)N2)c1cc(O)cc2cccc(Cl)c12. The summed E-state index contributed by atoms with van der Waals surface area (Å²) in [7, 11) is 1.98. The number of aromatic hydroxyl groups is 1. The Morgan fingerprint density at radius 2 is 1.95 bits per heavy atom. The molecule has 2 aromatic carbocycles. The Balaban J connectivity index is 1.18. The summed E-state index contributed by atoms with van der Waals surface area (Å²) in [5, 5.41) is 16.4. The second kappa shape index (κ2) is 10.6. The van der Waals surface area contributed by atoms with Crippen LogP contribution in [0.3, 0.4) is 0 Å². The summed E-state index contributed by atoms with van der Waals surface area (Å²) < 4.78 is 6.31. The van der Waals surface area contributed by atoms with Crippen LogP contribution in [-0.2, 0) is 6.42 Å². The monoisotopic (exact) mass is 576 g/mol. The van der Waals surface area contributed by atoms with Gasteiger partial charge >= 0.3 is 6.01 Å². The predicted molar refractivity (Wildman–Crippen MR) is 161 cm³/mol. The number of phenolic OH excluding ortho intramolecular Hbond substituents is 1. The summed E-state index contributed by atoms with van der Waals surface area (Å²) >= 11 is 6.59. The molecule has 5 fully saturated rings. The molecule has 2 N–H and O–H groups in total. The van der Waals surface area contributed by atoms with Crippen molar-refractivity contribution in [3.8, 4) is 11.8 Å². The Hall–Kier alpha value is -3.14. The Morgan fingerprint density at radius 1 is 1.20 bits per heavy atom. The third-order valence-electron chi connectivity index (χ3n) is 9.61. The van der Waals surface area contributed by atoms with Crippen LogP contribution in [0, 0.1) is 0 Å². The molecule has 0 aliphatic carbocycles. The van der Waals surface area contributed by atoms with Gasteiger partial charge in [-0.05, 0) is 69.1 Å². The molecule has 2 bridgehead atoms. The highest BCUT2D eigenvalue weighted by atomic mass is 35.5. The van der Waals surface area contributed by atoms with E-state index in [-0.39, 0.29) is 11.3 Å². The molecule has 5 saturated heterocycles. The number of benzene rings is 2. The lowest BCUT2D eigenvalue weighted by Gasteiger charge is -2.49. The molecule has 41 heavy (non-hydrogen) atoms. The van der Waals surface area contributed by atoms with E-state index in [4.69, 9.17) is 21.3 Å². The average Bonchev–Trinajstić information content (AvgIpc) is 3.54. The molecule has 5 aliphatic heterocycles. The molecule has 0 spiro atoms. The maximum absolute atomic E-state index is 12.5. The van der Waals surface area contributed by atoms with E-state index in [2.05, 4.69) is 25.0 Å². The first kappa shape index (κ1) is 26.7. The fourth-order valence-electron chi connectivity index (χ4n) is 7.52. The van der Waals surface area contributed by atoms with E-state index < -0.39 is 0 Å². The van der Waals surface area contributed by atoms with Gasteiger partial charge in [0.05, 0.1) is 10.6 Å². The van der Waals surface area contributed by atoms with Gasteiger partial charge in [-0.25, -0.2) is 0 Å². The largest absolute Gasteiger partial charge is 0.508 e. The number of ether oxygens (including phenoxy) is 1. The van der Waals surface area contributed by atoms with Gasteiger partial charge in [-0.3, -0.25) is 9.69 Å². The normalized spacial score (nSPS) is 22.9. The lowest BCUT2D eigenvalue weighted by Crippen LogP contribution is -2.67. The van der Waals surface area contributed by atoms with Crippen LogP contribution in [0.25, 0.3) is 10.8 Å². The molecule has 6 heterocycles. The molecule has 5 aliphatic rings. The van der Waals surface area contributed by atoms with Gasteiger partial charge in [0.2, 0.25) is 0 Å². The Bertz CT molecular complexity index is 1460. The van der Waals surface area contributed by atoms with Crippen molar-refractivity contribution < 1.29 is 14.6 Å². The van der Waals surface area contributed by atoms with Crippen LogP contribution in [0.2, 0.25) is 5.02 Å². The number of piperazine rings is 1. The third kappa shape index (κ3) is 4.87. The first-order chi connectivity index (χ1) is 19.9. The van der Waals surface area contributed by atoms with Crippen molar-refractivity contribution in [1.82, 2.24) is 20.2 Å². The summed E-state index contributed by atoms with van der Waals surface area (Å²) in [4.78, 5) is 29.0. The lowest BCUT2D eigenvalue weighted by atomic mass is 9.91. The average molecular weight is 577 g/mol. The topological polar surface area (TPSA) is 94.1 Å². The van der Waals surface area contributed by atoms with E-state index in [1.54, 1.807) is 12.1 Å². The van der Waals surface area contributed by atoms with Gasteiger partial charge in [0.25, 0.3) is 0 Å². The van der Waals surface area contributed by atoms with Crippen molar-refractivity contribution in [1.29, 1.82) is 0 Å². The number of carbonyl (C=O) groups is 1. The van der Waals surface area contributed by atoms with Gasteiger partial charge in [0.15, 0.2) is 6.29 Å². The van der Waals surface area contributed by atoms with Gasteiger partial charge in [-0.1, -0.05) is 23.7 Å². The number of aldehydes is 1. The molecule has 10 heteroatoms. The number of halogens is 1. The number of anilines is 2. The minimum atomic E-state index is 0.0776. The van der Waals surface area contributed by atoms with Crippen molar-refractivity contribution in [3.63, 3.8) is 0 Å². The number of likely N-dealkylation sites (N-methyl/N-ethyl adjacent to an activating group) is 1. The number of rotatable bonds is 9. The summed E-state index contributed by atoms with van der Waals surface area (Å²) in [6.45, 7) is 5.09. The van der Waals surface area contributed by atoms with E-state index in [0.29, 0.717) is 48.4 Å². The minimum absolute atomic E-state index is 0.0776. The molecule has 8 rings (SSSR count). The number of carbonyl (C=O) groups excluding carboxylic acids is 1. The summed E-state index contributed by atoms with van der Waals surface area (Å²) in [6.07, 6.45) is 7.24. The quantitative estimate of drug-likeness (QED) is 0.366. The summed E-state index contributed by atoms with van der Waals surface area (Å²) in [6, 6.07) is 10.3. The first-order valence-electron chi connectivity index (χ1n) is 14.8. The molecule has 216 valence electrons. The molecule has 2 unspecified atom stereocenters. The van der Waals surface area contributed by atoms with Crippen LogP contribution in [0.4, 0.5) is 11.5 Å². The third-order valence-corrected chi connectivity index (χ3v) is 9.92. The number of phenols is 1. The smallest absolute Gasteiger partial charge is 0.319 e. The predicted octanol–water partition coefficient (Wildman–Crippen LogP) is 4.04. The molecule has 1 aromatic heterocycles. The molecular weight excluding hydrogens is 540 g/mol. The Labute approximate surface area is 245 Å². The number of fused-ring (bicyclic) bond motifs is 4. The molecule has 0 amide bonds. The van der Waals surface area contributed by atoms with E-state index in [9.17, 15) is 9.90 Å². The standard InChI is InChI=1S/C31H37ClN6O3/c1-36(27-15-23(40)13-20-5-2-6-25(32)28(20)27)12-7-24-26(18-39)34-30(35-29(24)37-16-21-14-22(17-37)33-21)41-19-31-8-3-10-38(31)11-4-9-31/h2,5-6,13,15,18,21-22,33,40H,3-4,7-12,14,16-17,19H2,1H3.